The van der Waals surface area contributed by atoms with Gasteiger partial charge in [-0.2, -0.15) is 5.26 Å². The molecule has 0 aromatic heterocycles. The molecule has 84 valence electrons. The fraction of sp³-hybridized carbons (Fsp3) is 0.800. The normalized spacial score (nSPS) is 28.0. The first-order chi connectivity index (χ1) is 7.15. The van der Waals surface area contributed by atoms with E-state index in [1.54, 1.807) is 0 Å². The van der Waals surface area contributed by atoms with Crippen LogP contribution in [0.5, 0.6) is 0 Å². The van der Waals surface area contributed by atoms with Crippen LogP contribution in [0.25, 0.3) is 0 Å². The molecule has 4 N–H and O–H groups in total. The van der Waals surface area contributed by atoms with E-state index in [4.69, 9.17) is 11.0 Å². The van der Waals surface area contributed by atoms with Crippen LogP contribution in [0.1, 0.15) is 25.7 Å². The Kier molecular flexibility index (Phi) is 4.53. The van der Waals surface area contributed by atoms with Gasteiger partial charge in [0.05, 0.1) is 12.0 Å². The van der Waals surface area contributed by atoms with Crippen LogP contribution in [-0.2, 0) is 4.79 Å². The number of nitriles is 1. The molecule has 0 spiro atoms. The van der Waals surface area contributed by atoms with Crippen LogP contribution < -0.4 is 11.1 Å². The second kappa shape index (κ2) is 5.69. The van der Waals surface area contributed by atoms with Crippen LogP contribution in [0, 0.1) is 17.2 Å². The van der Waals surface area contributed by atoms with Crippen LogP contribution in [-0.4, -0.2) is 29.7 Å². The summed E-state index contributed by atoms with van der Waals surface area (Å²) in [5, 5.41) is 21.1. The van der Waals surface area contributed by atoms with Gasteiger partial charge in [-0.05, 0) is 12.8 Å². The summed E-state index contributed by atoms with van der Waals surface area (Å²) >= 11 is 0. The summed E-state index contributed by atoms with van der Waals surface area (Å²) in [5.74, 6) is -0.745. The zero-order valence-corrected chi connectivity index (χ0v) is 8.65. The third-order valence-electron chi connectivity index (χ3n) is 2.83. The molecule has 1 amide bonds. The van der Waals surface area contributed by atoms with Gasteiger partial charge in [-0.1, -0.05) is 12.8 Å². The number of hydrogen-bond acceptors (Lipinski definition) is 4. The summed E-state index contributed by atoms with van der Waals surface area (Å²) < 4.78 is 0. The molecule has 1 saturated carbocycles. The molecule has 0 bridgehead atoms. The maximum atomic E-state index is 10.6. The number of nitrogens with zero attached hydrogens (tertiary/aromatic N) is 1. The van der Waals surface area contributed by atoms with Crippen molar-refractivity contribution in [3.8, 4) is 6.07 Å². The van der Waals surface area contributed by atoms with Gasteiger partial charge in [-0.25, -0.2) is 0 Å². The average Bonchev–Trinajstić information content (AvgIpc) is 2.26. The van der Waals surface area contributed by atoms with Crippen LogP contribution in [0.15, 0.2) is 0 Å². The van der Waals surface area contributed by atoms with Gasteiger partial charge in [0, 0.05) is 12.6 Å². The van der Waals surface area contributed by atoms with E-state index in [-0.39, 0.29) is 18.5 Å². The van der Waals surface area contributed by atoms with Crippen molar-refractivity contribution in [3.63, 3.8) is 0 Å². The Hall–Kier alpha value is -1.12. The number of carbonyl (C=O) groups is 1. The summed E-state index contributed by atoms with van der Waals surface area (Å²) in [5.41, 5.74) is 4.92. The van der Waals surface area contributed by atoms with Crippen LogP contribution in [0.2, 0.25) is 0 Å². The number of hydrogen-bond donors (Lipinski definition) is 3. The fourth-order valence-corrected chi connectivity index (χ4v) is 1.89. The zero-order valence-electron chi connectivity index (χ0n) is 8.65. The Balaban J connectivity index is 2.36. The van der Waals surface area contributed by atoms with Crippen molar-refractivity contribution in [2.45, 2.75) is 37.8 Å². The molecule has 3 atom stereocenters. The molecule has 5 nitrogen and oxygen atoms in total. The number of nitrogens with one attached hydrogen (secondary N) is 1. The fourth-order valence-electron chi connectivity index (χ4n) is 1.89. The third-order valence-corrected chi connectivity index (χ3v) is 2.83. The van der Waals surface area contributed by atoms with E-state index < -0.39 is 12.0 Å². The lowest BCUT2D eigenvalue weighted by Gasteiger charge is -2.28. The number of carbonyl (C=O) groups excluding carboxylic acids is 1. The molecule has 0 aromatic carbocycles. The summed E-state index contributed by atoms with van der Waals surface area (Å²) in [6, 6.07) is 2.33. The lowest BCUT2D eigenvalue weighted by atomic mass is 9.85. The van der Waals surface area contributed by atoms with Crippen molar-refractivity contribution < 1.29 is 9.90 Å². The molecule has 0 aliphatic heterocycles. The molecule has 0 saturated heterocycles. The highest BCUT2D eigenvalue weighted by Gasteiger charge is 2.25. The molecule has 1 fully saturated rings. The van der Waals surface area contributed by atoms with Crippen molar-refractivity contribution in [3.05, 3.63) is 0 Å². The summed E-state index contributed by atoms with van der Waals surface area (Å²) in [4.78, 5) is 10.6. The molecule has 0 heterocycles. The maximum Gasteiger partial charge on any atom is 0.247 e. The molecular formula is C10H17N3O2. The topological polar surface area (TPSA) is 99.1 Å². The smallest absolute Gasteiger partial charge is 0.247 e. The third kappa shape index (κ3) is 3.50. The van der Waals surface area contributed by atoms with E-state index in [0.717, 1.165) is 25.7 Å². The molecule has 1 aliphatic rings. The number of primary amides is 1. The second-order valence-electron chi connectivity index (χ2n) is 3.95. The molecule has 1 rings (SSSR count). The van der Waals surface area contributed by atoms with Gasteiger partial charge in [0.1, 0.15) is 6.10 Å². The largest absolute Gasteiger partial charge is 0.382 e. The standard InChI is InChI=1S/C10H17N3O2/c11-5-7-3-1-2-4-8(7)13-6-9(14)10(12)15/h7-9,13-14H,1-4,6H2,(H2,12,15). The Bertz CT molecular complexity index is 262. The molecule has 0 aromatic rings. The first kappa shape index (κ1) is 12.0. The van der Waals surface area contributed by atoms with E-state index in [9.17, 15) is 9.90 Å². The summed E-state index contributed by atoms with van der Waals surface area (Å²) in [7, 11) is 0. The number of nitrogens with two attached hydrogens (primary N) is 1. The summed E-state index contributed by atoms with van der Waals surface area (Å²) in [6.07, 6.45) is 2.81. The van der Waals surface area contributed by atoms with E-state index in [1.165, 1.54) is 0 Å². The number of aliphatic hydroxyl groups is 1. The average molecular weight is 211 g/mol. The highest BCUT2D eigenvalue weighted by atomic mass is 16.3. The Morgan fingerprint density at radius 2 is 2.27 bits per heavy atom. The van der Waals surface area contributed by atoms with E-state index >= 15 is 0 Å². The van der Waals surface area contributed by atoms with Crippen LogP contribution in [0.4, 0.5) is 0 Å². The van der Waals surface area contributed by atoms with Gasteiger partial charge in [-0.15, -0.1) is 0 Å². The van der Waals surface area contributed by atoms with E-state index in [1.807, 2.05) is 0 Å². The first-order valence-electron chi connectivity index (χ1n) is 5.25. The van der Waals surface area contributed by atoms with Gasteiger partial charge in [0.25, 0.3) is 0 Å². The van der Waals surface area contributed by atoms with Gasteiger partial charge < -0.3 is 16.2 Å². The Morgan fingerprint density at radius 1 is 1.60 bits per heavy atom. The molecular weight excluding hydrogens is 194 g/mol. The Morgan fingerprint density at radius 3 is 2.87 bits per heavy atom. The van der Waals surface area contributed by atoms with Crippen molar-refractivity contribution >= 4 is 5.91 Å². The number of amides is 1. The molecule has 0 radical (unpaired) electrons. The molecule has 5 heteroatoms. The second-order valence-corrected chi connectivity index (χ2v) is 3.95. The quantitative estimate of drug-likeness (QED) is 0.584. The van der Waals surface area contributed by atoms with Gasteiger partial charge in [-0.3, -0.25) is 4.79 Å². The molecule has 1 aliphatic carbocycles. The van der Waals surface area contributed by atoms with Crippen molar-refractivity contribution in [1.82, 2.24) is 5.32 Å². The lowest BCUT2D eigenvalue weighted by Crippen LogP contribution is -2.45. The van der Waals surface area contributed by atoms with Gasteiger partial charge in [0.15, 0.2) is 0 Å². The van der Waals surface area contributed by atoms with Gasteiger partial charge in [0.2, 0.25) is 5.91 Å². The van der Waals surface area contributed by atoms with E-state index in [0.29, 0.717) is 0 Å². The van der Waals surface area contributed by atoms with Crippen LogP contribution in [0.3, 0.4) is 0 Å². The monoisotopic (exact) mass is 211 g/mol. The lowest BCUT2D eigenvalue weighted by molar-refractivity contribution is -0.125. The van der Waals surface area contributed by atoms with Crippen LogP contribution >= 0.6 is 0 Å². The van der Waals surface area contributed by atoms with Gasteiger partial charge >= 0.3 is 0 Å². The SMILES string of the molecule is N#CC1CCCCC1NCC(O)C(N)=O. The minimum atomic E-state index is -1.16. The zero-order chi connectivity index (χ0) is 11.3. The predicted octanol–water partition coefficient (Wildman–Crippen LogP) is -0.495. The highest BCUT2D eigenvalue weighted by molar-refractivity contribution is 5.78. The Labute approximate surface area is 89.3 Å². The number of rotatable bonds is 4. The first-order valence-corrected chi connectivity index (χ1v) is 5.25. The maximum absolute atomic E-state index is 10.6. The molecule has 3 unspecified atom stereocenters. The van der Waals surface area contributed by atoms with Crippen molar-refractivity contribution in [1.29, 1.82) is 5.26 Å². The minimum absolute atomic E-state index is 0.0150. The number of aliphatic hydroxyl groups excluding tert-OH is 1. The van der Waals surface area contributed by atoms with Crippen molar-refractivity contribution in [2.24, 2.45) is 11.7 Å². The predicted molar refractivity (Wildman–Crippen MR) is 54.6 cm³/mol. The highest BCUT2D eigenvalue weighted by Crippen LogP contribution is 2.23. The van der Waals surface area contributed by atoms with Crippen molar-refractivity contribution in [2.75, 3.05) is 6.54 Å². The summed E-state index contributed by atoms with van der Waals surface area (Å²) in [6.45, 7) is 0.137. The molecule has 15 heavy (non-hydrogen) atoms. The minimum Gasteiger partial charge on any atom is -0.382 e. The van der Waals surface area contributed by atoms with E-state index in [2.05, 4.69) is 11.4 Å².